The summed E-state index contributed by atoms with van der Waals surface area (Å²) in [5, 5.41) is 24.7. The SMILES string of the molecule is CCc1cc(/C=C/C#N)cc(Cl)c1Oc1nc(NC23CC(C#N)(C2)C3)nc2c1[C@H](C)NC2=O. The molecule has 3 saturated carbocycles. The van der Waals surface area contributed by atoms with Gasteiger partial charge in [0.05, 0.1) is 34.2 Å². The van der Waals surface area contributed by atoms with Crippen LogP contribution in [0.25, 0.3) is 6.08 Å². The Bertz CT molecular complexity index is 1290. The third-order valence-corrected chi connectivity index (χ3v) is 6.90. The molecule has 166 valence electrons. The van der Waals surface area contributed by atoms with Gasteiger partial charge in [0.1, 0.15) is 5.69 Å². The molecule has 0 radical (unpaired) electrons. The average molecular weight is 461 g/mol. The molecule has 3 aliphatic carbocycles. The van der Waals surface area contributed by atoms with E-state index in [0.29, 0.717) is 28.7 Å². The molecular formula is C24H21ClN6O2. The Balaban J connectivity index is 1.52. The van der Waals surface area contributed by atoms with Crippen molar-refractivity contribution in [2.24, 2.45) is 5.41 Å². The summed E-state index contributed by atoms with van der Waals surface area (Å²) in [6.07, 6.45) is 5.97. The van der Waals surface area contributed by atoms with Crippen LogP contribution in [0, 0.1) is 28.1 Å². The van der Waals surface area contributed by atoms with Crippen LogP contribution in [-0.4, -0.2) is 21.4 Å². The highest BCUT2D eigenvalue weighted by Crippen LogP contribution is 2.67. The number of nitriles is 2. The van der Waals surface area contributed by atoms with Crippen LogP contribution in [-0.2, 0) is 6.42 Å². The third kappa shape index (κ3) is 3.39. The van der Waals surface area contributed by atoms with Crippen LogP contribution in [0.4, 0.5) is 5.95 Å². The molecule has 4 aliphatic rings. The molecule has 2 heterocycles. The molecule has 2 N–H and O–H groups in total. The van der Waals surface area contributed by atoms with Crippen molar-refractivity contribution in [2.75, 3.05) is 5.32 Å². The monoisotopic (exact) mass is 460 g/mol. The lowest BCUT2D eigenvalue weighted by Gasteiger charge is -2.66. The molecule has 0 spiro atoms. The van der Waals surface area contributed by atoms with E-state index in [0.717, 1.165) is 30.4 Å². The van der Waals surface area contributed by atoms with Gasteiger partial charge in [-0.1, -0.05) is 18.5 Å². The van der Waals surface area contributed by atoms with E-state index in [4.69, 9.17) is 21.6 Å². The van der Waals surface area contributed by atoms with E-state index in [1.807, 2.05) is 26.0 Å². The molecule has 0 unspecified atom stereocenters. The maximum absolute atomic E-state index is 12.5. The topological polar surface area (TPSA) is 124 Å². The van der Waals surface area contributed by atoms with Gasteiger partial charge >= 0.3 is 0 Å². The molecule has 1 aliphatic heterocycles. The number of carbonyl (C=O) groups excluding carboxylic acids is 1. The molecular weight excluding hydrogens is 440 g/mol. The average Bonchev–Trinajstić information content (AvgIpc) is 3.03. The zero-order chi connectivity index (χ0) is 23.4. The van der Waals surface area contributed by atoms with Crippen molar-refractivity contribution in [3.63, 3.8) is 0 Å². The second kappa shape index (κ2) is 7.47. The molecule has 3 fully saturated rings. The molecule has 8 nitrogen and oxygen atoms in total. The van der Waals surface area contributed by atoms with Crippen LogP contribution >= 0.6 is 11.6 Å². The number of hydrogen-bond donors (Lipinski definition) is 2. The molecule has 1 aromatic heterocycles. The van der Waals surface area contributed by atoms with E-state index >= 15 is 0 Å². The summed E-state index contributed by atoms with van der Waals surface area (Å²) in [6.45, 7) is 3.83. The molecule has 2 aromatic rings. The van der Waals surface area contributed by atoms with E-state index in [9.17, 15) is 10.1 Å². The first-order valence-corrected chi connectivity index (χ1v) is 11.2. The minimum Gasteiger partial charge on any atom is -0.437 e. The van der Waals surface area contributed by atoms with Gasteiger partial charge in [0.15, 0.2) is 5.75 Å². The van der Waals surface area contributed by atoms with Gasteiger partial charge in [0.2, 0.25) is 11.8 Å². The molecule has 9 heteroatoms. The highest BCUT2D eigenvalue weighted by Gasteiger charge is 2.69. The van der Waals surface area contributed by atoms with Crippen LogP contribution in [0.5, 0.6) is 11.6 Å². The fourth-order valence-corrected chi connectivity index (χ4v) is 5.42. The second-order valence-corrected chi connectivity index (χ2v) is 9.45. The van der Waals surface area contributed by atoms with Gasteiger partial charge in [0, 0.05) is 11.6 Å². The number of amides is 1. The van der Waals surface area contributed by atoms with Crippen molar-refractivity contribution >= 4 is 29.5 Å². The van der Waals surface area contributed by atoms with Gasteiger partial charge in [-0.05, 0) is 61.9 Å². The zero-order valence-electron chi connectivity index (χ0n) is 18.2. The summed E-state index contributed by atoms with van der Waals surface area (Å²) < 4.78 is 6.26. The number of allylic oxidation sites excluding steroid dienone is 1. The standard InChI is InChI=1S/C24H21ClN6O2/c1-3-15-7-14(5-4-6-26)8-16(25)19(15)33-21-17-13(2)28-20(32)18(17)29-22(30-21)31-24-9-23(10-24,11-24)12-27/h4-5,7-8,13H,3,9-11H2,1-2H3,(H,28,32)(H,29,30,31)/b5-4+/t13-,23?,24?/m0/s1. The number of hydrogen-bond acceptors (Lipinski definition) is 7. The van der Waals surface area contributed by atoms with E-state index < -0.39 is 0 Å². The summed E-state index contributed by atoms with van der Waals surface area (Å²) in [4.78, 5) is 21.6. The van der Waals surface area contributed by atoms with Crippen molar-refractivity contribution in [3.8, 4) is 23.8 Å². The number of halogens is 1. The van der Waals surface area contributed by atoms with E-state index in [-0.39, 0.29) is 34.5 Å². The lowest BCUT2D eigenvalue weighted by atomic mass is 9.40. The number of nitrogens with zero attached hydrogens (tertiary/aromatic N) is 4. The minimum atomic E-state index is -0.310. The molecule has 6 rings (SSSR count). The molecule has 0 saturated heterocycles. The number of benzene rings is 1. The Labute approximate surface area is 196 Å². The number of carbonyl (C=O) groups is 1. The highest BCUT2D eigenvalue weighted by atomic mass is 35.5. The Kier molecular flexibility index (Phi) is 4.81. The first-order valence-electron chi connectivity index (χ1n) is 10.8. The first kappa shape index (κ1) is 21.2. The van der Waals surface area contributed by atoms with Crippen molar-refractivity contribution < 1.29 is 9.53 Å². The quantitative estimate of drug-likeness (QED) is 0.599. The maximum atomic E-state index is 12.5. The summed E-state index contributed by atoms with van der Waals surface area (Å²) in [5.74, 6) is 0.757. The van der Waals surface area contributed by atoms with Crippen LogP contribution in [0.2, 0.25) is 5.02 Å². The first-order chi connectivity index (χ1) is 15.8. The smallest absolute Gasteiger partial charge is 0.271 e. The van der Waals surface area contributed by atoms with Crippen LogP contribution < -0.4 is 15.4 Å². The fraction of sp³-hybridized carbons (Fsp3) is 0.375. The van der Waals surface area contributed by atoms with Crippen LogP contribution in [0.1, 0.15) is 66.3 Å². The number of anilines is 1. The minimum absolute atomic E-state index is 0.192. The number of ether oxygens (including phenoxy) is 1. The Morgan fingerprint density at radius 3 is 2.76 bits per heavy atom. The van der Waals surface area contributed by atoms with Crippen molar-refractivity contribution in [2.45, 2.75) is 51.1 Å². The van der Waals surface area contributed by atoms with Crippen molar-refractivity contribution in [3.05, 3.63) is 45.6 Å². The van der Waals surface area contributed by atoms with Crippen LogP contribution in [0.15, 0.2) is 18.2 Å². The van der Waals surface area contributed by atoms with Crippen molar-refractivity contribution in [1.82, 2.24) is 15.3 Å². The normalized spacial score (nSPS) is 26.5. The number of nitrogens with one attached hydrogen (secondary N) is 2. The summed E-state index contributed by atoms with van der Waals surface area (Å²) in [6, 6.07) is 7.68. The van der Waals surface area contributed by atoms with E-state index in [1.54, 1.807) is 12.1 Å². The zero-order valence-corrected chi connectivity index (χ0v) is 19.0. The largest absolute Gasteiger partial charge is 0.437 e. The lowest BCUT2D eigenvalue weighted by molar-refractivity contribution is -0.0665. The molecule has 33 heavy (non-hydrogen) atoms. The Morgan fingerprint density at radius 2 is 2.09 bits per heavy atom. The number of fused-ring (bicyclic) bond motifs is 1. The van der Waals surface area contributed by atoms with Gasteiger partial charge in [-0.25, -0.2) is 4.98 Å². The Morgan fingerprint density at radius 1 is 1.33 bits per heavy atom. The van der Waals surface area contributed by atoms with Gasteiger partial charge in [0.25, 0.3) is 5.91 Å². The molecule has 1 aromatic carbocycles. The summed E-state index contributed by atoms with van der Waals surface area (Å²) >= 11 is 6.56. The fourth-order valence-electron chi connectivity index (χ4n) is 5.14. The second-order valence-electron chi connectivity index (χ2n) is 9.05. The van der Waals surface area contributed by atoms with Gasteiger partial charge in [-0.3, -0.25) is 4.79 Å². The molecule has 2 bridgehead atoms. The maximum Gasteiger partial charge on any atom is 0.271 e. The third-order valence-electron chi connectivity index (χ3n) is 6.62. The predicted octanol–water partition coefficient (Wildman–Crippen LogP) is 4.68. The molecule has 1 atom stereocenters. The van der Waals surface area contributed by atoms with Crippen LogP contribution in [0.3, 0.4) is 0 Å². The predicted molar refractivity (Wildman–Crippen MR) is 122 cm³/mol. The summed E-state index contributed by atoms with van der Waals surface area (Å²) in [7, 11) is 0. The van der Waals surface area contributed by atoms with Gasteiger partial charge in [-0.15, -0.1) is 0 Å². The van der Waals surface area contributed by atoms with E-state index in [1.165, 1.54) is 6.08 Å². The van der Waals surface area contributed by atoms with Gasteiger partial charge < -0.3 is 15.4 Å². The molecule has 1 amide bonds. The van der Waals surface area contributed by atoms with E-state index in [2.05, 4.69) is 26.7 Å². The number of aromatic nitrogens is 2. The van der Waals surface area contributed by atoms with Crippen molar-refractivity contribution in [1.29, 1.82) is 10.5 Å². The highest BCUT2D eigenvalue weighted by molar-refractivity contribution is 6.32. The summed E-state index contributed by atoms with van der Waals surface area (Å²) in [5.41, 5.74) is 2.09. The van der Waals surface area contributed by atoms with Gasteiger partial charge in [-0.2, -0.15) is 15.5 Å². The number of rotatable bonds is 6. The number of aryl methyl sites for hydroxylation is 1. The Hall–Kier alpha value is -3.62. The lowest BCUT2D eigenvalue weighted by Crippen LogP contribution is -2.70.